The van der Waals surface area contributed by atoms with Gasteiger partial charge in [0.05, 0.1) is 17.6 Å². The lowest BCUT2D eigenvalue weighted by Gasteiger charge is -2.20. The lowest BCUT2D eigenvalue weighted by Crippen LogP contribution is -2.25. The van der Waals surface area contributed by atoms with Crippen LogP contribution >= 0.6 is 0 Å². The van der Waals surface area contributed by atoms with E-state index in [1.165, 1.54) is 0 Å². The minimum absolute atomic E-state index is 0.265. The molecule has 1 aromatic heterocycles. The molecule has 0 atom stereocenters. The summed E-state index contributed by atoms with van der Waals surface area (Å²) in [6.07, 6.45) is 1.28. The Morgan fingerprint density at radius 3 is 2.58 bits per heavy atom. The standard InChI is InChI=1S/C16H22N2O/c1-5-16(3,4)15(19)11-13-12-9-7-8-10-14(12)18(6-2)17-13/h7-10H,5-6,11H2,1-4H3. The molecule has 0 saturated carbocycles. The number of rotatable bonds is 5. The number of aromatic nitrogens is 2. The van der Waals surface area contributed by atoms with Gasteiger partial charge in [-0.15, -0.1) is 0 Å². The Labute approximate surface area is 114 Å². The van der Waals surface area contributed by atoms with Crippen LogP contribution in [0.2, 0.25) is 0 Å². The van der Waals surface area contributed by atoms with Gasteiger partial charge < -0.3 is 0 Å². The summed E-state index contributed by atoms with van der Waals surface area (Å²) in [5.41, 5.74) is 1.75. The molecule has 0 unspecified atom stereocenters. The third kappa shape index (κ3) is 2.55. The van der Waals surface area contributed by atoms with E-state index < -0.39 is 0 Å². The molecule has 0 N–H and O–H groups in total. The maximum Gasteiger partial charge on any atom is 0.144 e. The van der Waals surface area contributed by atoms with Gasteiger partial charge in [0.2, 0.25) is 0 Å². The van der Waals surface area contributed by atoms with Crippen LogP contribution in [0.4, 0.5) is 0 Å². The van der Waals surface area contributed by atoms with Crippen LogP contribution in [0, 0.1) is 5.41 Å². The molecule has 1 heterocycles. The van der Waals surface area contributed by atoms with Gasteiger partial charge >= 0.3 is 0 Å². The van der Waals surface area contributed by atoms with Crippen molar-refractivity contribution in [3.8, 4) is 0 Å². The van der Waals surface area contributed by atoms with E-state index in [-0.39, 0.29) is 11.2 Å². The first-order chi connectivity index (χ1) is 8.99. The second-order valence-electron chi connectivity index (χ2n) is 5.62. The first kappa shape index (κ1) is 13.8. The smallest absolute Gasteiger partial charge is 0.144 e. The second-order valence-corrected chi connectivity index (χ2v) is 5.62. The summed E-state index contributed by atoms with van der Waals surface area (Å²) in [7, 11) is 0. The molecule has 0 aliphatic rings. The van der Waals surface area contributed by atoms with Gasteiger partial charge in [0.15, 0.2) is 0 Å². The maximum atomic E-state index is 12.4. The summed E-state index contributed by atoms with van der Waals surface area (Å²) < 4.78 is 1.97. The first-order valence-electron chi connectivity index (χ1n) is 6.97. The van der Waals surface area contributed by atoms with Crippen LogP contribution in [-0.4, -0.2) is 15.6 Å². The van der Waals surface area contributed by atoms with E-state index in [1.807, 2.05) is 30.7 Å². The summed E-state index contributed by atoms with van der Waals surface area (Å²) in [4.78, 5) is 12.4. The summed E-state index contributed by atoms with van der Waals surface area (Å²) in [5.74, 6) is 0.265. The molecule has 3 nitrogen and oxygen atoms in total. The molecule has 0 saturated heterocycles. The van der Waals surface area contributed by atoms with Gasteiger partial charge in [-0.05, 0) is 19.4 Å². The molecule has 2 rings (SSSR count). The fourth-order valence-corrected chi connectivity index (χ4v) is 2.16. The first-order valence-corrected chi connectivity index (χ1v) is 6.97. The molecule has 3 heteroatoms. The Bertz CT molecular complexity index is 596. The molecule has 0 aliphatic heterocycles. The van der Waals surface area contributed by atoms with E-state index in [2.05, 4.69) is 31.1 Å². The Morgan fingerprint density at radius 2 is 1.95 bits per heavy atom. The number of benzene rings is 1. The summed E-state index contributed by atoms with van der Waals surface area (Å²) in [6.45, 7) is 8.97. The highest BCUT2D eigenvalue weighted by Gasteiger charge is 2.26. The molecule has 0 bridgehead atoms. The minimum atomic E-state index is -0.267. The molecule has 0 radical (unpaired) electrons. The molecule has 1 aromatic carbocycles. The lowest BCUT2D eigenvalue weighted by atomic mass is 9.83. The van der Waals surface area contributed by atoms with Crippen molar-refractivity contribution in [1.29, 1.82) is 0 Å². The molecule has 19 heavy (non-hydrogen) atoms. The Hall–Kier alpha value is -1.64. The zero-order valence-electron chi connectivity index (χ0n) is 12.2. The monoisotopic (exact) mass is 258 g/mol. The minimum Gasteiger partial charge on any atom is -0.299 e. The van der Waals surface area contributed by atoms with Gasteiger partial charge in [-0.1, -0.05) is 39.0 Å². The zero-order chi connectivity index (χ0) is 14.0. The van der Waals surface area contributed by atoms with Crippen LogP contribution in [0.15, 0.2) is 24.3 Å². The van der Waals surface area contributed by atoms with Gasteiger partial charge in [-0.3, -0.25) is 9.48 Å². The number of aryl methyl sites for hydroxylation is 1. The normalized spacial score (nSPS) is 12.0. The van der Waals surface area contributed by atoms with Gasteiger partial charge in [0, 0.05) is 17.3 Å². The highest BCUT2D eigenvalue weighted by Crippen LogP contribution is 2.25. The molecular weight excluding hydrogens is 236 g/mol. The van der Waals surface area contributed by atoms with Gasteiger partial charge in [-0.2, -0.15) is 5.10 Å². The summed E-state index contributed by atoms with van der Waals surface area (Å²) >= 11 is 0. The van der Waals surface area contributed by atoms with E-state index in [1.54, 1.807) is 0 Å². The fourth-order valence-electron chi connectivity index (χ4n) is 2.16. The highest BCUT2D eigenvalue weighted by atomic mass is 16.1. The van der Waals surface area contributed by atoms with Crippen molar-refractivity contribution in [1.82, 2.24) is 9.78 Å². The van der Waals surface area contributed by atoms with Crippen LogP contribution < -0.4 is 0 Å². The Morgan fingerprint density at radius 1 is 1.26 bits per heavy atom. The highest BCUT2D eigenvalue weighted by molar-refractivity contribution is 5.91. The maximum absolute atomic E-state index is 12.4. The molecule has 0 aliphatic carbocycles. The van der Waals surface area contributed by atoms with Crippen LogP contribution in [0.25, 0.3) is 10.9 Å². The van der Waals surface area contributed by atoms with E-state index in [0.29, 0.717) is 6.42 Å². The van der Waals surface area contributed by atoms with Gasteiger partial charge in [-0.25, -0.2) is 0 Å². The molecular formula is C16H22N2O. The van der Waals surface area contributed by atoms with Crippen molar-refractivity contribution in [3.63, 3.8) is 0 Å². The van der Waals surface area contributed by atoms with Crippen molar-refractivity contribution in [2.24, 2.45) is 5.41 Å². The molecule has 0 spiro atoms. The van der Waals surface area contributed by atoms with E-state index >= 15 is 0 Å². The van der Waals surface area contributed by atoms with Gasteiger partial charge in [0.1, 0.15) is 5.78 Å². The zero-order valence-corrected chi connectivity index (χ0v) is 12.2. The molecule has 2 aromatic rings. The number of carbonyl (C=O) groups excluding carboxylic acids is 1. The number of ketones is 1. The largest absolute Gasteiger partial charge is 0.299 e. The van der Waals surface area contributed by atoms with E-state index in [0.717, 1.165) is 29.6 Å². The van der Waals surface area contributed by atoms with Crippen molar-refractivity contribution < 1.29 is 4.79 Å². The predicted molar refractivity (Wildman–Crippen MR) is 78.2 cm³/mol. The summed E-state index contributed by atoms with van der Waals surface area (Å²) in [5, 5.41) is 5.69. The fraction of sp³-hybridized carbons (Fsp3) is 0.500. The van der Waals surface area contributed by atoms with Crippen LogP contribution in [0.3, 0.4) is 0 Å². The number of nitrogens with zero attached hydrogens (tertiary/aromatic N) is 2. The average molecular weight is 258 g/mol. The molecule has 0 fully saturated rings. The van der Waals surface area contributed by atoms with Crippen molar-refractivity contribution in [3.05, 3.63) is 30.0 Å². The Kier molecular flexibility index (Phi) is 3.74. The number of para-hydroxylation sites is 1. The third-order valence-electron chi connectivity index (χ3n) is 4.00. The number of hydrogen-bond donors (Lipinski definition) is 0. The average Bonchev–Trinajstić information content (AvgIpc) is 2.77. The number of fused-ring (bicyclic) bond motifs is 1. The van der Waals surface area contributed by atoms with Crippen LogP contribution in [-0.2, 0) is 17.8 Å². The Balaban J connectivity index is 2.39. The van der Waals surface area contributed by atoms with Crippen molar-refractivity contribution in [2.75, 3.05) is 0 Å². The molecule has 0 amide bonds. The number of Topliss-reactive ketones (excluding diaryl/α,β-unsaturated/α-hetero) is 1. The molecule has 102 valence electrons. The topological polar surface area (TPSA) is 34.9 Å². The third-order valence-corrected chi connectivity index (χ3v) is 4.00. The quantitative estimate of drug-likeness (QED) is 0.821. The van der Waals surface area contributed by atoms with E-state index in [9.17, 15) is 4.79 Å². The second kappa shape index (κ2) is 5.16. The summed E-state index contributed by atoms with van der Waals surface area (Å²) in [6, 6.07) is 8.13. The number of hydrogen-bond acceptors (Lipinski definition) is 2. The lowest BCUT2D eigenvalue weighted by molar-refractivity contribution is -0.126. The van der Waals surface area contributed by atoms with Crippen LogP contribution in [0.1, 0.15) is 39.8 Å². The predicted octanol–water partition coefficient (Wildman–Crippen LogP) is 3.60. The van der Waals surface area contributed by atoms with E-state index in [4.69, 9.17) is 0 Å². The SMILES string of the molecule is CCn1nc(CC(=O)C(C)(C)CC)c2ccccc21. The number of carbonyl (C=O) groups is 1. The van der Waals surface area contributed by atoms with Gasteiger partial charge in [0.25, 0.3) is 0 Å². The van der Waals surface area contributed by atoms with Crippen LogP contribution in [0.5, 0.6) is 0 Å². The van der Waals surface area contributed by atoms with Crippen molar-refractivity contribution in [2.45, 2.75) is 47.1 Å². The van der Waals surface area contributed by atoms with Crippen molar-refractivity contribution >= 4 is 16.7 Å².